The third kappa shape index (κ3) is 2.67. The Morgan fingerprint density at radius 2 is 1.81 bits per heavy atom. The summed E-state index contributed by atoms with van der Waals surface area (Å²) in [7, 11) is 0. The summed E-state index contributed by atoms with van der Waals surface area (Å²) in [5.41, 5.74) is 6.83. The molecule has 5 aliphatic rings. The molecule has 4 nitrogen and oxygen atoms in total. The predicted molar refractivity (Wildman–Crippen MR) is 127 cm³/mol. The van der Waals surface area contributed by atoms with E-state index in [4.69, 9.17) is 0 Å². The van der Waals surface area contributed by atoms with Crippen molar-refractivity contribution < 1.29 is 4.39 Å². The van der Waals surface area contributed by atoms with Gasteiger partial charge in [-0.25, -0.2) is 4.39 Å². The fraction of sp³-hybridized carbons (Fsp3) is 0.481. The first-order chi connectivity index (χ1) is 15.6. The zero-order valence-electron chi connectivity index (χ0n) is 18.6. The topological polar surface area (TPSA) is 43.1 Å². The summed E-state index contributed by atoms with van der Waals surface area (Å²) in [6.07, 6.45) is 4.34. The molecule has 3 saturated carbocycles. The molecule has 3 aliphatic carbocycles. The maximum Gasteiger partial charge on any atom is 0.134 e. The van der Waals surface area contributed by atoms with Crippen LogP contribution in [0.1, 0.15) is 49.0 Å². The van der Waals surface area contributed by atoms with Gasteiger partial charge in [0.05, 0.1) is 12.1 Å². The molecule has 2 aliphatic heterocycles. The van der Waals surface area contributed by atoms with Crippen LogP contribution in [-0.2, 0) is 6.42 Å². The molecule has 3 N–H and O–H groups in total. The number of para-hydroxylation sites is 1. The molecule has 3 aromatic rings. The summed E-state index contributed by atoms with van der Waals surface area (Å²) in [5.74, 6) is 0.951. The van der Waals surface area contributed by atoms with Crippen molar-refractivity contribution in [3.63, 3.8) is 0 Å². The zero-order chi connectivity index (χ0) is 21.4. The molecule has 5 heteroatoms. The van der Waals surface area contributed by atoms with E-state index in [1.807, 2.05) is 0 Å². The van der Waals surface area contributed by atoms with Crippen molar-refractivity contribution in [1.82, 2.24) is 15.2 Å². The second kappa shape index (κ2) is 6.82. The smallest absolute Gasteiger partial charge is 0.134 e. The number of aromatic nitrogens is 1. The SMILES string of the molecule is C[C@@H]1Cc2c([nH]c3ccccc23)[C@@H](c2ccc(NC3CNCC3F)cc2)N1C12CC(C1)C2. The van der Waals surface area contributed by atoms with Crippen LogP contribution in [0.4, 0.5) is 10.1 Å². The molecule has 166 valence electrons. The minimum absolute atomic E-state index is 0.145. The molecular formula is C27H31FN4. The van der Waals surface area contributed by atoms with Crippen molar-refractivity contribution in [1.29, 1.82) is 0 Å². The molecule has 0 amide bonds. The highest BCUT2D eigenvalue weighted by Gasteiger charge is 2.63. The first-order valence-corrected chi connectivity index (χ1v) is 12.2. The van der Waals surface area contributed by atoms with E-state index in [-0.39, 0.29) is 12.1 Å². The molecule has 2 bridgehead atoms. The van der Waals surface area contributed by atoms with Crippen LogP contribution in [0.15, 0.2) is 48.5 Å². The van der Waals surface area contributed by atoms with E-state index < -0.39 is 6.17 Å². The van der Waals surface area contributed by atoms with Gasteiger partial charge in [-0.2, -0.15) is 0 Å². The maximum atomic E-state index is 14.1. The Labute approximate surface area is 188 Å². The van der Waals surface area contributed by atoms with Crippen molar-refractivity contribution in [3.8, 4) is 0 Å². The standard InChI is InChI=1S/C27H31FN4/c1-16-10-21-20-4-2-3-5-23(20)31-25(21)26(32(16)27-11-17(12-27)13-27)18-6-8-19(9-7-18)30-24-15-29-14-22(24)28/h2-9,16-17,22,24,26,29-31H,10-15H2,1H3/t16-,17?,22?,24?,26-,27?/m1/s1. The van der Waals surface area contributed by atoms with E-state index >= 15 is 0 Å². The van der Waals surface area contributed by atoms with Crippen molar-refractivity contribution in [2.45, 2.75) is 62.4 Å². The van der Waals surface area contributed by atoms with Crippen LogP contribution >= 0.6 is 0 Å². The molecule has 1 aromatic heterocycles. The highest BCUT2D eigenvalue weighted by molar-refractivity contribution is 5.85. The minimum Gasteiger partial charge on any atom is -0.378 e. The van der Waals surface area contributed by atoms with E-state index in [1.165, 1.54) is 47.0 Å². The summed E-state index contributed by atoms with van der Waals surface area (Å²) >= 11 is 0. The van der Waals surface area contributed by atoms with Crippen LogP contribution < -0.4 is 10.6 Å². The Balaban J connectivity index is 1.29. The number of nitrogens with zero attached hydrogens (tertiary/aromatic N) is 1. The number of anilines is 1. The molecule has 4 fully saturated rings. The molecule has 2 unspecified atom stereocenters. The lowest BCUT2D eigenvalue weighted by Gasteiger charge is -2.70. The van der Waals surface area contributed by atoms with Crippen LogP contribution in [0.3, 0.4) is 0 Å². The van der Waals surface area contributed by atoms with E-state index in [2.05, 4.69) is 76.0 Å². The van der Waals surface area contributed by atoms with Crippen LogP contribution in [0.5, 0.6) is 0 Å². The van der Waals surface area contributed by atoms with Crippen molar-refractivity contribution in [2.75, 3.05) is 18.4 Å². The van der Waals surface area contributed by atoms with E-state index in [0.717, 1.165) is 18.0 Å². The summed E-state index contributed by atoms with van der Waals surface area (Å²) in [6, 6.07) is 18.2. The van der Waals surface area contributed by atoms with Gasteiger partial charge in [0.15, 0.2) is 0 Å². The maximum absolute atomic E-state index is 14.1. The Hall–Kier alpha value is -2.37. The number of benzene rings is 2. The second-order valence-electron chi connectivity index (χ2n) is 10.7. The fourth-order valence-corrected chi connectivity index (χ4v) is 7.04. The van der Waals surface area contributed by atoms with Gasteiger partial charge in [0.2, 0.25) is 0 Å². The van der Waals surface area contributed by atoms with Gasteiger partial charge in [-0.3, -0.25) is 4.90 Å². The number of alkyl halides is 1. The van der Waals surface area contributed by atoms with Gasteiger partial charge in [-0.05, 0) is 67.9 Å². The average molecular weight is 431 g/mol. The molecule has 3 heterocycles. The average Bonchev–Trinajstić information content (AvgIpc) is 3.30. The van der Waals surface area contributed by atoms with Gasteiger partial charge in [0, 0.05) is 47.0 Å². The van der Waals surface area contributed by atoms with Gasteiger partial charge in [0.25, 0.3) is 0 Å². The van der Waals surface area contributed by atoms with Gasteiger partial charge in [-0.1, -0.05) is 30.3 Å². The molecule has 0 spiro atoms. The molecule has 8 rings (SSSR count). The molecule has 2 aromatic carbocycles. The first kappa shape index (κ1) is 19.1. The molecule has 32 heavy (non-hydrogen) atoms. The Morgan fingerprint density at radius 3 is 2.50 bits per heavy atom. The lowest BCUT2D eigenvalue weighted by molar-refractivity contribution is -0.174. The molecule has 4 atom stereocenters. The van der Waals surface area contributed by atoms with E-state index in [1.54, 1.807) is 0 Å². The normalized spacial score (nSPS) is 35.9. The summed E-state index contributed by atoms with van der Waals surface area (Å²) in [4.78, 5) is 6.66. The monoisotopic (exact) mass is 430 g/mol. The third-order valence-electron chi connectivity index (χ3n) is 8.64. The van der Waals surface area contributed by atoms with E-state index in [9.17, 15) is 4.39 Å². The summed E-state index contributed by atoms with van der Waals surface area (Å²) in [6.45, 7) is 3.54. The number of halogens is 1. The number of hydrogen-bond donors (Lipinski definition) is 3. The highest BCUT2D eigenvalue weighted by Crippen LogP contribution is 2.64. The number of fused-ring (bicyclic) bond motifs is 3. The number of H-pyrrole nitrogens is 1. The molecule has 1 saturated heterocycles. The number of rotatable bonds is 4. The predicted octanol–water partition coefficient (Wildman–Crippen LogP) is 4.78. The number of nitrogens with one attached hydrogen (secondary N) is 3. The van der Waals surface area contributed by atoms with Gasteiger partial charge in [0.1, 0.15) is 6.17 Å². The van der Waals surface area contributed by atoms with E-state index in [0.29, 0.717) is 24.7 Å². The van der Waals surface area contributed by atoms with Crippen molar-refractivity contribution in [3.05, 3.63) is 65.4 Å². The number of hydrogen-bond acceptors (Lipinski definition) is 3. The number of aromatic amines is 1. The van der Waals surface area contributed by atoms with Gasteiger partial charge in [-0.15, -0.1) is 0 Å². The highest BCUT2D eigenvalue weighted by atomic mass is 19.1. The Bertz CT molecular complexity index is 1150. The van der Waals surface area contributed by atoms with Crippen LogP contribution in [0, 0.1) is 5.92 Å². The Kier molecular flexibility index (Phi) is 4.07. The molecular weight excluding hydrogens is 399 g/mol. The lowest BCUT2D eigenvalue weighted by Crippen LogP contribution is -2.71. The van der Waals surface area contributed by atoms with Crippen LogP contribution in [-0.4, -0.2) is 46.8 Å². The quantitative estimate of drug-likeness (QED) is 0.558. The fourth-order valence-electron chi connectivity index (χ4n) is 7.04. The summed E-state index contributed by atoms with van der Waals surface area (Å²) < 4.78 is 14.1. The third-order valence-corrected chi connectivity index (χ3v) is 8.64. The van der Waals surface area contributed by atoms with Gasteiger partial charge < -0.3 is 15.6 Å². The lowest BCUT2D eigenvalue weighted by atomic mass is 9.48. The van der Waals surface area contributed by atoms with Crippen molar-refractivity contribution in [2.24, 2.45) is 5.92 Å². The van der Waals surface area contributed by atoms with Crippen molar-refractivity contribution >= 4 is 16.6 Å². The minimum atomic E-state index is -0.831. The van der Waals surface area contributed by atoms with Crippen LogP contribution in [0.2, 0.25) is 0 Å². The summed E-state index contributed by atoms with van der Waals surface area (Å²) in [5, 5.41) is 7.88. The largest absolute Gasteiger partial charge is 0.378 e. The first-order valence-electron chi connectivity index (χ1n) is 12.2. The van der Waals surface area contributed by atoms with Crippen LogP contribution in [0.25, 0.3) is 10.9 Å². The second-order valence-corrected chi connectivity index (χ2v) is 10.7. The zero-order valence-corrected chi connectivity index (χ0v) is 18.6. The Morgan fingerprint density at radius 1 is 1.03 bits per heavy atom. The van der Waals surface area contributed by atoms with Gasteiger partial charge >= 0.3 is 0 Å². The molecule has 0 radical (unpaired) electrons.